The van der Waals surface area contributed by atoms with Gasteiger partial charge in [0.25, 0.3) is 0 Å². The van der Waals surface area contributed by atoms with Gasteiger partial charge in [0.1, 0.15) is 5.82 Å². The second-order valence-corrected chi connectivity index (χ2v) is 5.45. The molecule has 1 fully saturated rings. The Labute approximate surface area is 115 Å². The van der Waals surface area contributed by atoms with Gasteiger partial charge in [-0.2, -0.15) is 13.2 Å². The Balaban J connectivity index is 2.08. The number of alkyl halides is 3. The first-order chi connectivity index (χ1) is 9.27. The van der Waals surface area contributed by atoms with Gasteiger partial charge in [0, 0.05) is 19.1 Å². The molecular weight excluding hydrogens is 272 g/mol. The zero-order valence-electron chi connectivity index (χ0n) is 11.3. The van der Waals surface area contributed by atoms with Crippen molar-refractivity contribution in [1.29, 1.82) is 0 Å². The Hall–Kier alpha value is -1.14. The smallest absolute Gasteiger partial charge is 0.328 e. The summed E-state index contributed by atoms with van der Waals surface area (Å²) in [6.07, 6.45) is -3.70. The molecule has 0 aliphatic carbocycles. The molecule has 2 atom stereocenters. The molecule has 2 unspecified atom stereocenters. The summed E-state index contributed by atoms with van der Waals surface area (Å²) >= 11 is 0. The largest absolute Gasteiger partial charge is 0.419 e. The molecule has 1 aliphatic rings. The standard InChI is InChI=1S/C14H18F4N2/c1-9(19)11-4-5-20(8-11)7-10-2-3-13(15)12(6-10)14(16,17)18/h2-3,6,9,11H,4-5,7-8,19H2,1H3. The fourth-order valence-electron chi connectivity index (χ4n) is 2.58. The fraction of sp³-hybridized carbons (Fsp3) is 0.571. The van der Waals surface area contributed by atoms with Crippen LogP contribution in [0.5, 0.6) is 0 Å². The predicted octanol–water partition coefficient (Wildman–Crippen LogP) is 3.01. The summed E-state index contributed by atoms with van der Waals surface area (Å²) in [5.74, 6) is -0.853. The molecule has 0 spiro atoms. The molecule has 1 aromatic rings. The van der Waals surface area contributed by atoms with Crippen molar-refractivity contribution in [3.63, 3.8) is 0 Å². The van der Waals surface area contributed by atoms with Gasteiger partial charge in [0.2, 0.25) is 0 Å². The summed E-state index contributed by atoms with van der Waals surface area (Å²) in [5.41, 5.74) is 5.11. The second kappa shape index (κ2) is 5.69. The van der Waals surface area contributed by atoms with Crippen LogP contribution in [0.15, 0.2) is 18.2 Å². The zero-order valence-corrected chi connectivity index (χ0v) is 11.3. The molecule has 0 aromatic heterocycles. The highest BCUT2D eigenvalue weighted by Crippen LogP contribution is 2.32. The minimum absolute atomic E-state index is 0.0824. The Morgan fingerprint density at radius 3 is 2.65 bits per heavy atom. The lowest BCUT2D eigenvalue weighted by Crippen LogP contribution is -2.29. The molecule has 1 heterocycles. The lowest BCUT2D eigenvalue weighted by molar-refractivity contribution is -0.140. The first-order valence-electron chi connectivity index (χ1n) is 6.61. The average Bonchev–Trinajstić information content (AvgIpc) is 2.79. The van der Waals surface area contributed by atoms with E-state index >= 15 is 0 Å². The number of halogens is 4. The Morgan fingerprint density at radius 1 is 1.40 bits per heavy atom. The van der Waals surface area contributed by atoms with E-state index in [1.807, 2.05) is 6.92 Å². The maximum absolute atomic E-state index is 13.2. The normalized spacial score (nSPS) is 22.2. The van der Waals surface area contributed by atoms with Gasteiger partial charge in [-0.1, -0.05) is 6.07 Å². The molecule has 2 N–H and O–H groups in total. The maximum atomic E-state index is 13.2. The Kier molecular flexibility index (Phi) is 4.34. The highest BCUT2D eigenvalue weighted by Gasteiger charge is 2.34. The number of likely N-dealkylation sites (tertiary alicyclic amines) is 1. The van der Waals surface area contributed by atoms with Crippen LogP contribution >= 0.6 is 0 Å². The molecule has 0 saturated carbocycles. The third-order valence-electron chi connectivity index (χ3n) is 3.79. The van der Waals surface area contributed by atoms with E-state index in [2.05, 4.69) is 4.90 Å². The van der Waals surface area contributed by atoms with Crippen molar-refractivity contribution in [1.82, 2.24) is 4.90 Å². The van der Waals surface area contributed by atoms with E-state index in [1.165, 1.54) is 6.07 Å². The zero-order chi connectivity index (χ0) is 14.9. The Bertz CT molecular complexity index is 471. The van der Waals surface area contributed by atoms with E-state index in [-0.39, 0.29) is 6.04 Å². The van der Waals surface area contributed by atoms with Gasteiger partial charge in [0.15, 0.2) is 0 Å². The molecular formula is C14H18F4N2. The van der Waals surface area contributed by atoms with Gasteiger partial charge in [0.05, 0.1) is 5.56 Å². The van der Waals surface area contributed by atoms with Gasteiger partial charge in [-0.3, -0.25) is 4.90 Å². The molecule has 20 heavy (non-hydrogen) atoms. The molecule has 6 heteroatoms. The first kappa shape index (κ1) is 15.3. The van der Waals surface area contributed by atoms with E-state index in [4.69, 9.17) is 5.73 Å². The summed E-state index contributed by atoms with van der Waals surface area (Å²) in [5, 5.41) is 0. The topological polar surface area (TPSA) is 29.3 Å². The number of hydrogen-bond acceptors (Lipinski definition) is 2. The number of rotatable bonds is 3. The van der Waals surface area contributed by atoms with Crippen LogP contribution < -0.4 is 5.73 Å². The van der Waals surface area contributed by atoms with Gasteiger partial charge in [-0.25, -0.2) is 4.39 Å². The van der Waals surface area contributed by atoms with Crippen molar-refractivity contribution in [3.05, 3.63) is 35.1 Å². The first-order valence-corrected chi connectivity index (χ1v) is 6.61. The minimum atomic E-state index is -4.65. The van der Waals surface area contributed by atoms with Crippen LogP contribution in [-0.4, -0.2) is 24.0 Å². The Morgan fingerprint density at radius 2 is 2.10 bits per heavy atom. The lowest BCUT2D eigenvalue weighted by Gasteiger charge is -2.18. The molecule has 2 rings (SSSR count). The van der Waals surface area contributed by atoms with Crippen molar-refractivity contribution in [2.75, 3.05) is 13.1 Å². The van der Waals surface area contributed by atoms with Crippen molar-refractivity contribution in [3.8, 4) is 0 Å². The maximum Gasteiger partial charge on any atom is 0.419 e. The van der Waals surface area contributed by atoms with Crippen molar-refractivity contribution >= 4 is 0 Å². The molecule has 112 valence electrons. The molecule has 1 aliphatic heterocycles. The highest BCUT2D eigenvalue weighted by atomic mass is 19.4. The molecule has 1 saturated heterocycles. The van der Waals surface area contributed by atoms with Crippen LogP contribution in [-0.2, 0) is 12.7 Å². The van der Waals surface area contributed by atoms with Crippen LogP contribution in [0.3, 0.4) is 0 Å². The summed E-state index contributed by atoms with van der Waals surface area (Å²) in [6.45, 7) is 3.92. The van der Waals surface area contributed by atoms with Gasteiger partial charge >= 0.3 is 6.18 Å². The van der Waals surface area contributed by atoms with E-state index < -0.39 is 17.6 Å². The average molecular weight is 290 g/mol. The van der Waals surface area contributed by atoms with Crippen molar-refractivity contribution in [2.24, 2.45) is 11.7 Å². The van der Waals surface area contributed by atoms with Crippen molar-refractivity contribution in [2.45, 2.75) is 32.1 Å². The molecule has 0 radical (unpaired) electrons. The van der Waals surface area contributed by atoms with Crippen LogP contribution in [0.2, 0.25) is 0 Å². The van der Waals surface area contributed by atoms with Gasteiger partial charge in [-0.05, 0) is 43.5 Å². The highest BCUT2D eigenvalue weighted by molar-refractivity contribution is 5.27. The summed E-state index contributed by atoms with van der Waals surface area (Å²) in [4.78, 5) is 2.06. The molecule has 2 nitrogen and oxygen atoms in total. The molecule has 0 bridgehead atoms. The quantitative estimate of drug-likeness (QED) is 0.867. The number of nitrogens with two attached hydrogens (primary N) is 1. The number of benzene rings is 1. The van der Waals surface area contributed by atoms with E-state index in [0.29, 0.717) is 18.0 Å². The van der Waals surface area contributed by atoms with Crippen LogP contribution in [0.25, 0.3) is 0 Å². The summed E-state index contributed by atoms with van der Waals surface area (Å²) in [6, 6.07) is 3.27. The van der Waals surface area contributed by atoms with E-state index in [0.717, 1.165) is 31.6 Å². The molecule has 0 amide bonds. The second-order valence-electron chi connectivity index (χ2n) is 5.45. The third kappa shape index (κ3) is 3.49. The summed E-state index contributed by atoms with van der Waals surface area (Å²) < 4.78 is 51.1. The SMILES string of the molecule is CC(N)C1CCN(Cc2ccc(F)c(C(F)(F)F)c2)C1. The van der Waals surface area contributed by atoms with Crippen LogP contribution in [0.1, 0.15) is 24.5 Å². The van der Waals surface area contributed by atoms with E-state index in [1.54, 1.807) is 0 Å². The summed E-state index contributed by atoms with van der Waals surface area (Å²) in [7, 11) is 0. The van der Waals surface area contributed by atoms with Gasteiger partial charge in [-0.15, -0.1) is 0 Å². The monoisotopic (exact) mass is 290 g/mol. The predicted molar refractivity (Wildman–Crippen MR) is 68.4 cm³/mol. The minimum Gasteiger partial charge on any atom is -0.328 e. The van der Waals surface area contributed by atoms with Crippen LogP contribution in [0.4, 0.5) is 17.6 Å². The van der Waals surface area contributed by atoms with Crippen LogP contribution in [0, 0.1) is 11.7 Å². The molecule has 1 aromatic carbocycles. The van der Waals surface area contributed by atoms with Crippen molar-refractivity contribution < 1.29 is 17.6 Å². The lowest BCUT2D eigenvalue weighted by atomic mass is 10.0. The number of nitrogens with zero attached hydrogens (tertiary/aromatic N) is 1. The number of hydrogen-bond donors (Lipinski definition) is 1. The third-order valence-corrected chi connectivity index (χ3v) is 3.79. The van der Waals surface area contributed by atoms with E-state index in [9.17, 15) is 17.6 Å². The fourth-order valence-corrected chi connectivity index (χ4v) is 2.58. The van der Waals surface area contributed by atoms with Gasteiger partial charge < -0.3 is 5.73 Å².